The summed E-state index contributed by atoms with van der Waals surface area (Å²) in [7, 11) is 1.80. The maximum Gasteiger partial charge on any atom is 0.295 e. The van der Waals surface area contributed by atoms with Crippen molar-refractivity contribution in [1.82, 2.24) is 9.36 Å². The van der Waals surface area contributed by atoms with Crippen LogP contribution < -0.4 is 10.9 Å². The summed E-state index contributed by atoms with van der Waals surface area (Å²) in [4.78, 5) is 24.9. The minimum atomic E-state index is -0.227. The number of hydrogen-bond donors (Lipinski definition) is 1. The molecule has 6 heteroatoms. The molecule has 0 fully saturated rings. The lowest BCUT2D eigenvalue weighted by molar-refractivity contribution is -0.115. The molecule has 0 saturated heterocycles. The number of hydrogen-bond acceptors (Lipinski definition) is 3. The highest BCUT2D eigenvalue weighted by atomic mass is 32.1. The number of para-hydroxylation sites is 1. The highest BCUT2D eigenvalue weighted by Crippen LogP contribution is 2.15. The van der Waals surface area contributed by atoms with Crippen LogP contribution in [0.5, 0.6) is 0 Å². The van der Waals surface area contributed by atoms with E-state index in [-0.39, 0.29) is 17.9 Å². The molecule has 0 aliphatic rings. The summed E-state index contributed by atoms with van der Waals surface area (Å²) in [6, 6.07) is 11.3. The van der Waals surface area contributed by atoms with Crippen molar-refractivity contribution in [2.45, 2.75) is 13.3 Å². The Morgan fingerprint density at radius 3 is 2.61 bits per heavy atom. The standard InChI is InChI=1S/C17H17N3O2S/c1-12-16(18-15(21)10-13-8-9-23-11-13)17(22)20(19(12)2)14-6-4-3-5-7-14/h3-9,11H,10H2,1-2H3,(H,18,21). The predicted molar refractivity (Wildman–Crippen MR) is 92.4 cm³/mol. The molecule has 1 amide bonds. The van der Waals surface area contributed by atoms with Gasteiger partial charge in [0.1, 0.15) is 5.69 Å². The Labute approximate surface area is 137 Å². The van der Waals surface area contributed by atoms with Gasteiger partial charge in [-0.2, -0.15) is 11.3 Å². The monoisotopic (exact) mass is 327 g/mol. The van der Waals surface area contributed by atoms with Gasteiger partial charge in [-0.05, 0) is 41.4 Å². The number of thiophene rings is 1. The maximum atomic E-state index is 12.7. The molecule has 2 aromatic heterocycles. The molecule has 0 radical (unpaired) electrons. The first kappa shape index (κ1) is 15.3. The molecule has 0 atom stereocenters. The first-order valence-electron chi connectivity index (χ1n) is 7.23. The van der Waals surface area contributed by atoms with E-state index in [1.807, 2.05) is 54.1 Å². The fourth-order valence-electron chi connectivity index (χ4n) is 2.47. The zero-order chi connectivity index (χ0) is 16.4. The van der Waals surface area contributed by atoms with Crippen molar-refractivity contribution in [3.63, 3.8) is 0 Å². The van der Waals surface area contributed by atoms with Crippen molar-refractivity contribution in [2.24, 2.45) is 7.05 Å². The van der Waals surface area contributed by atoms with Gasteiger partial charge in [0.15, 0.2) is 0 Å². The number of rotatable bonds is 4. The lowest BCUT2D eigenvalue weighted by Crippen LogP contribution is -2.23. The minimum Gasteiger partial charge on any atom is -0.320 e. The van der Waals surface area contributed by atoms with Gasteiger partial charge in [0, 0.05) is 7.05 Å². The van der Waals surface area contributed by atoms with E-state index in [9.17, 15) is 9.59 Å². The van der Waals surface area contributed by atoms with Crippen molar-refractivity contribution in [2.75, 3.05) is 5.32 Å². The SMILES string of the molecule is Cc1c(NC(=O)Cc2ccsc2)c(=O)n(-c2ccccc2)n1C. The first-order valence-corrected chi connectivity index (χ1v) is 8.17. The van der Waals surface area contributed by atoms with E-state index in [0.29, 0.717) is 5.69 Å². The van der Waals surface area contributed by atoms with Gasteiger partial charge >= 0.3 is 0 Å². The van der Waals surface area contributed by atoms with Crippen LogP contribution >= 0.6 is 11.3 Å². The number of carbonyl (C=O) groups is 1. The normalized spacial score (nSPS) is 10.7. The Morgan fingerprint density at radius 2 is 1.96 bits per heavy atom. The molecule has 0 aliphatic carbocycles. The Bertz CT molecular complexity index is 877. The smallest absolute Gasteiger partial charge is 0.295 e. The molecule has 0 bridgehead atoms. The number of aromatic nitrogens is 2. The van der Waals surface area contributed by atoms with Gasteiger partial charge in [-0.25, -0.2) is 4.68 Å². The summed E-state index contributed by atoms with van der Waals surface area (Å²) in [6.45, 7) is 1.82. The van der Waals surface area contributed by atoms with Crippen LogP contribution in [0, 0.1) is 6.92 Å². The molecular weight excluding hydrogens is 310 g/mol. The zero-order valence-electron chi connectivity index (χ0n) is 12.9. The van der Waals surface area contributed by atoms with E-state index in [4.69, 9.17) is 0 Å². The Kier molecular flexibility index (Phi) is 4.16. The van der Waals surface area contributed by atoms with Gasteiger partial charge < -0.3 is 5.32 Å². The van der Waals surface area contributed by atoms with E-state index in [1.54, 1.807) is 27.7 Å². The number of carbonyl (C=O) groups excluding carboxylic acids is 1. The van der Waals surface area contributed by atoms with Crippen LogP contribution in [0.25, 0.3) is 5.69 Å². The molecule has 5 nitrogen and oxygen atoms in total. The number of anilines is 1. The number of nitrogens with zero attached hydrogens (tertiary/aromatic N) is 2. The number of benzene rings is 1. The molecule has 23 heavy (non-hydrogen) atoms. The minimum absolute atomic E-state index is 0.186. The van der Waals surface area contributed by atoms with Gasteiger partial charge in [0.25, 0.3) is 5.56 Å². The van der Waals surface area contributed by atoms with E-state index in [0.717, 1.165) is 16.9 Å². The Morgan fingerprint density at radius 1 is 1.22 bits per heavy atom. The first-order chi connectivity index (χ1) is 11.1. The maximum absolute atomic E-state index is 12.7. The van der Waals surface area contributed by atoms with E-state index >= 15 is 0 Å². The largest absolute Gasteiger partial charge is 0.320 e. The highest BCUT2D eigenvalue weighted by molar-refractivity contribution is 7.08. The predicted octanol–water partition coefficient (Wildman–Crippen LogP) is 2.73. The van der Waals surface area contributed by atoms with Crippen LogP contribution in [-0.2, 0) is 18.3 Å². The van der Waals surface area contributed by atoms with Gasteiger partial charge in [0.05, 0.1) is 17.8 Å². The van der Waals surface area contributed by atoms with Gasteiger partial charge in [0.2, 0.25) is 5.91 Å². The summed E-state index contributed by atoms with van der Waals surface area (Å²) < 4.78 is 3.30. The van der Waals surface area contributed by atoms with Crippen LogP contribution in [0.15, 0.2) is 52.0 Å². The van der Waals surface area contributed by atoms with Crippen LogP contribution in [0.1, 0.15) is 11.3 Å². The summed E-state index contributed by atoms with van der Waals surface area (Å²) in [5, 5.41) is 6.62. The molecule has 0 unspecified atom stereocenters. The lowest BCUT2D eigenvalue weighted by atomic mass is 10.2. The van der Waals surface area contributed by atoms with Crippen molar-refractivity contribution in [3.05, 3.63) is 68.8 Å². The van der Waals surface area contributed by atoms with E-state index < -0.39 is 0 Å². The molecule has 0 saturated carbocycles. The third kappa shape index (κ3) is 2.98. The fourth-order valence-corrected chi connectivity index (χ4v) is 3.14. The average molecular weight is 327 g/mol. The summed E-state index contributed by atoms with van der Waals surface area (Å²) >= 11 is 1.55. The molecule has 3 rings (SSSR count). The van der Waals surface area contributed by atoms with Crippen LogP contribution in [-0.4, -0.2) is 15.3 Å². The molecule has 118 valence electrons. The van der Waals surface area contributed by atoms with E-state index in [1.165, 1.54) is 0 Å². The van der Waals surface area contributed by atoms with Crippen LogP contribution in [0.4, 0.5) is 5.69 Å². The van der Waals surface area contributed by atoms with Crippen molar-refractivity contribution < 1.29 is 4.79 Å². The summed E-state index contributed by atoms with van der Waals surface area (Å²) in [6.07, 6.45) is 0.266. The molecule has 1 aromatic carbocycles. The van der Waals surface area contributed by atoms with Gasteiger partial charge in [-0.3, -0.25) is 14.3 Å². The number of nitrogens with one attached hydrogen (secondary N) is 1. The summed E-state index contributed by atoms with van der Waals surface area (Å²) in [5.41, 5.74) is 2.54. The molecular formula is C17H17N3O2S. The second kappa shape index (κ2) is 6.26. The summed E-state index contributed by atoms with van der Waals surface area (Å²) in [5.74, 6) is -0.186. The van der Waals surface area contributed by atoms with E-state index in [2.05, 4.69) is 5.32 Å². The molecule has 2 heterocycles. The molecule has 3 aromatic rings. The Balaban J connectivity index is 1.92. The molecule has 1 N–H and O–H groups in total. The number of amides is 1. The average Bonchev–Trinajstić information content (AvgIpc) is 3.12. The fraction of sp³-hybridized carbons (Fsp3) is 0.176. The van der Waals surface area contributed by atoms with Gasteiger partial charge in [-0.1, -0.05) is 18.2 Å². The van der Waals surface area contributed by atoms with Gasteiger partial charge in [-0.15, -0.1) is 0 Å². The van der Waals surface area contributed by atoms with Crippen molar-refractivity contribution in [1.29, 1.82) is 0 Å². The third-order valence-electron chi connectivity index (χ3n) is 3.76. The Hall–Kier alpha value is -2.60. The van der Waals surface area contributed by atoms with Crippen LogP contribution in [0.3, 0.4) is 0 Å². The lowest BCUT2D eigenvalue weighted by Gasteiger charge is -2.07. The molecule has 0 spiro atoms. The van der Waals surface area contributed by atoms with Crippen molar-refractivity contribution in [3.8, 4) is 5.69 Å². The van der Waals surface area contributed by atoms with Crippen molar-refractivity contribution >= 4 is 22.9 Å². The van der Waals surface area contributed by atoms with Crippen LogP contribution in [0.2, 0.25) is 0 Å². The quantitative estimate of drug-likeness (QED) is 0.801. The third-order valence-corrected chi connectivity index (χ3v) is 4.50. The molecule has 0 aliphatic heterocycles. The highest BCUT2D eigenvalue weighted by Gasteiger charge is 2.18. The topological polar surface area (TPSA) is 56.0 Å². The zero-order valence-corrected chi connectivity index (χ0v) is 13.8. The second-order valence-electron chi connectivity index (χ2n) is 5.29. The second-order valence-corrected chi connectivity index (χ2v) is 6.07.